The number of nitrogens with zero attached hydrogens (tertiary/aromatic N) is 4. The van der Waals surface area contributed by atoms with E-state index in [0.29, 0.717) is 0 Å². The zero-order valence-electron chi connectivity index (χ0n) is 22.6. The maximum Gasteiger partial charge on any atom is 0.159 e. The molecular formula is C38H24N4. The van der Waals surface area contributed by atoms with E-state index in [1.165, 1.54) is 43.4 Å². The van der Waals surface area contributed by atoms with Crippen LogP contribution in [-0.2, 0) is 0 Å². The van der Waals surface area contributed by atoms with Gasteiger partial charge >= 0.3 is 0 Å². The smallest absolute Gasteiger partial charge is 0.159 e. The minimum Gasteiger partial charge on any atom is -0.309 e. The third-order valence-corrected chi connectivity index (χ3v) is 8.40. The largest absolute Gasteiger partial charge is 0.309 e. The van der Waals surface area contributed by atoms with Gasteiger partial charge in [0.1, 0.15) is 0 Å². The van der Waals surface area contributed by atoms with Crippen molar-refractivity contribution in [2.24, 2.45) is 0 Å². The molecule has 0 N–H and O–H groups in total. The fourth-order valence-electron chi connectivity index (χ4n) is 6.61. The maximum atomic E-state index is 4.80. The Morgan fingerprint density at radius 3 is 1.33 bits per heavy atom. The summed E-state index contributed by atoms with van der Waals surface area (Å²) in [6.07, 6.45) is 3.89. The first-order chi connectivity index (χ1) is 20.9. The van der Waals surface area contributed by atoms with Crippen LogP contribution in [0.2, 0.25) is 0 Å². The van der Waals surface area contributed by atoms with Gasteiger partial charge in [-0.2, -0.15) is 0 Å². The van der Waals surface area contributed by atoms with Gasteiger partial charge in [-0.05, 0) is 24.3 Å². The standard InChI is InChI=1S/C38H24N4/c1-3-11-25(12-4-1)38-39-23-27(24-40-38)42-35-18-10-8-16-29(35)31-20-21-32-33(37(31)42)22-19-30-28-15-7-9-17-34(28)41(36(30)32)26-13-5-2-6-14-26/h1-24H. The molecule has 0 unspecified atom stereocenters. The van der Waals surface area contributed by atoms with Gasteiger partial charge in [0.15, 0.2) is 5.82 Å². The maximum absolute atomic E-state index is 4.80. The van der Waals surface area contributed by atoms with Gasteiger partial charge in [-0.3, -0.25) is 0 Å². The number of hydrogen-bond donors (Lipinski definition) is 0. The molecule has 6 aromatic carbocycles. The fraction of sp³-hybridized carbons (Fsp3) is 0. The molecule has 0 spiro atoms. The molecule has 0 saturated carbocycles. The Morgan fingerprint density at radius 1 is 0.357 bits per heavy atom. The summed E-state index contributed by atoms with van der Waals surface area (Å²) in [6.45, 7) is 0. The predicted octanol–water partition coefficient (Wildman–Crippen LogP) is 9.49. The van der Waals surface area contributed by atoms with Crippen molar-refractivity contribution in [1.82, 2.24) is 19.1 Å². The quantitative estimate of drug-likeness (QED) is 0.225. The van der Waals surface area contributed by atoms with Gasteiger partial charge in [-0.15, -0.1) is 0 Å². The van der Waals surface area contributed by atoms with Crippen LogP contribution in [0.15, 0.2) is 146 Å². The molecule has 0 aliphatic heterocycles. The summed E-state index contributed by atoms with van der Waals surface area (Å²) in [4.78, 5) is 9.59. The fourth-order valence-corrected chi connectivity index (χ4v) is 6.61. The second kappa shape index (κ2) is 8.88. The third-order valence-electron chi connectivity index (χ3n) is 8.40. The molecule has 0 radical (unpaired) electrons. The summed E-state index contributed by atoms with van der Waals surface area (Å²) in [7, 11) is 0. The zero-order valence-corrected chi connectivity index (χ0v) is 22.6. The van der Waals surface area contributed by atoms with Crippen molar-refractivity contribution in [2.45, 2.75) is 0 Å². The van der Waals surface area contributed by atoms with Gasteiger partial charge in [0.25, 0.3) is 0 Å². The van der Waals surface area contributed by atoms with Gasteiger partial charge in [-0.1, -0.05) is 109 Å². The third kappa shape index (κ3) is 3.23. The van der Waals surface area contributed by atoms with Crippen molar-refractivity contribution in [3.05, 3.63) is 146 Å². The van der Waals surface area contributed by atoms with Gasteiger partial charge in [0, 0.05) is 43.6 Å². The molecule has 196 valence electrons. The van der Waals surface area contributed by atoms with Crippen molar-refractivity contribution in [3.63, 3.8) is 0 Å². The van der Waals surface area contributed by atoms with E-state index < -0.39 is 0 Å². The van der Waals surface area contributed by atoms with E-state index in [1.54, 1.807) is 0 Å². The van der Waals surface area contributed by atoms with E-state index >= 15 is 0 Å². The summed E-state index contributed by atoms with van der Waals surface area (Å²) in [5, 5.41) is 7.34. The van der Waals surface area contributed by atoms with Crippen LogP contribution < -0.4 is 0 Å². The number of rotatable bonds is 3. The molecule has 42 heavy (non-hydrogen) atoms. The van der Waals surface area contributed by atoms with Crippen LogP contribution in [0.1, 0.15) is 0 Å². The predicted molar refractivity (Wildman–Crippen MR) is 174 cm³/mol. The van der Waals surface area contributed by atoms with Crippen LogP contribution in [0.4, 0.5) is 0 Å². The number of hydrogen-bond acceptors (Lipinski definition) is 2. The lowest BCUT2D eigenvalue weighted by atomic mass is 10.0. The monoisotopic (exact) mass is 536 g/mol. The molecule has 9 aromatic rings. The number of aromatic nitrogens is 4. The summed E-state index contributed by atoms with van der Waals surface area (Å²) in [5.74, 6) is 0.721. The number of fused-ring (bicyclic) bond motifs is 9. The molecule has 0 fully saturated rings. The van der Waals surface area contributed by atoms with Crippen LogP contribution in [-0.4, -0.2) is 19.1 Å². The lowest BCUT2D eigenvalue weighted by Crippen LogP contribution is -1.98. The Kier molecular flexibility index (Phi) is 4.87. The molecule has 9 rings (SSSR count). The van der Waals surface area contributed by atoms with Crippen molar-refractivity contribution in [1.29, 1.82) is 0 Å². The van der Waals surface area contributed by atoms with E-state index in [2.05, 4.69) is 112 Å². The topological polar surface area (TPSA) is 35.6 Å². The second-order valence-corrected chi connectivity index (χ2v) is 10.7. The first-order valence-corrected chi connectivity index (χ1v) is 14.2. The Labute approximate surface area is 241 Å². The highest BCUT2D eigenvalue weighted by Gasteiger charge is 2.20. The van der Waals surface area contributed by atoms with E-state index in [1.807, 2.05) is 42.7 Å². The molecule has 4 nitrogen and oxygen atoms in total. The Bertz CT molecular complexity index is 2430. The highest BCUT2D eigenvalue weighted by Crippen LogP contribution is 2.41. The van der Waals surface area contributed by atoms with E-state index in [0.717, 1.165) is 33.8 Å². The average molecular weight is 537 g/mol. The SMILES string of the molecule is c1ccc(-c2ncc(-n3c4ccccc4c4ccc5c(ccc6c7ccccc7n(-c7ccccc7)c65)c43)cn2)cc1. The van der Waals surface area contributed by atoms with Crippen LogP contribution >= 0.6 is 0 Å². The van der Waals surface area contributed by atoms with Crippen LogP contribution in [0.3, 0.4) is 0 Å². The Morgan fingerprint density at radius 2 is 0.786 bits per heavy atom. The molecule has 4 heteroatoms. The minimum absolute atomic E-state index is 0.721. The first-order valence-electron chi connectivity index (χ1n) is 14.2. The molecule has 0 amide bonds. The van der Waals surface area contributed by atoms with Crippen LogP contribution in [0.25, 0.3) is 77.1 Å². The van der Waals surface area contributed by atoms with Crippen molar-refractivity contribution in [3.8, 4) is 22.8 Å². The Balaban J connectivity index is 1.40. The molecule has 0 saturated heterocycles. The average Bonchev–Trinajstić information content (AvgIpc) is 3.59. The molecule has 3 heterocycles. The Hall–Kier alpha value is -5.74. The summed E-state index contributed by atoms with van der Waals surface area (Å²) in [5.41, 5.74) is 7.83. The summed E-state index contributed by atoms with van der Waals surface area (Å²) < 4.78 is 4.73. The molecule has 3 aromatic heterocycles. The molecule has 0 aliphatic carbocycles. The van der Waals surface area contributed by atoms with Gasteiger partial charge < -0.3 is 9.13 Å². The highest BCUT2D eigenvalue weighted by molar-refractivity contribution is 6.26. The number of benzene rings is 6. The van der Waals surface area contributed by atoms with Crippen molar-refractivity contribution >= 4 is 54.4 Å². The first kappa shape index (κ1) is 23.0. The highest BCUT2D eigenvalue weighted by atomic mass is 15.0. The molecule has 0 atom stereocenters. The second-order valence-electron chi connectivity index (χ2n) is 10.7. The molecule has 0 aliphatic rings. The van der Waals surface area contributed by atoms with Gasteiger partial charge in [-0.25, -0.2) is 9.97 Å². The molecular weight excluding hydrogens is 512 g/mol. The van der Waals surface area contributed by atoms with Crippen LogP contribution in [0.5, 0.6) is 0 Å². The normalized spacial score (nSPS) is 11.8. The minimum atomic E-state index is 0.721. The van der Waals surface area contributed by atoms with E-state index in [-0.39, 0.29) is 0 Å². The van der Waals surface area contributed by atoms with Gasteiger partial charge in [0.2, 0.25) is 0 Å². The van der Waals surface area contributed by atoms with Crippen molar-refractivity contribution < 1.29 is 0 Å². The number of para-hydroxylation sites is 3. The van der Waals surface area contributed by atoms with E-state index in [9.17, 15) is 0 Å². The van der Waals surface area contributed by atoms with Crippen molar-refractivity contribution in [2.75, 3.05) is 0 Å². The van der Waals surface area contributed by atoms with Gasteiger partial charge in [0.05, 0.1) is 40.1 Å². The zero-order chi connectivity index (χ0) is 27.6. The summed E-state index contributed by atoms with van der Waals surface area (Å²) >= 11 is 0. The lowest BCUT2D eigenvalue weighted by molar-refractivity contribution is 1.08. The lowest BCUT2D eigenvalue weighted by Gasteiger charge is -2.12. The van der Waals surface area contributed by atoms with Crippen LogP contribution in [0, 0.1) is 0 Å². The summed E-state index contributed by atoms with van der Waals surface area (Å²) in [6, 6.07) is 47.2. The van der Waals surface area contributed by atoms with E-state index in [4.69, 9.17) is 9.97 Å². The molecule has 0 bridgehead atoms.